The van der Waals surface area contributed by atoms with Crippen molar-refractivity contribution in [1.29, 1.82) is 0 Å². The van der Waals surface area contributed by atoms with Crippen molar-refractivity contribution < 1.29 is 4.74 Å². The molecule has 3 N–H and O–H groups in total. The van der Waals surface area contributed by atoms with E-state index in [0.29, 0.717) is 23.8 Å². The van der Waals surface area contributed by atoms with E-state index in [1.807, 2.05) is 6.92 Å². The molecule has 0 saturated heterocycles. The third-order valence-corrected chi connectivity index (χ3v) is 1.65. The lowest BCUT2D eigenvalue weighted by atomic mass is 10.5. The van der Waals surface area contributed by atoms with Crippen LogP contribution in [0.15, 0.2) is 0 Å². The summed E-state index contributed by atoms with van der Waals surface area (Å²) in [5, 5.41) is 6.46. The molecular formula is C6H12N4OS. The lowest BCUT2D eigenvalue weighted by molar-refractivity contribution is 0.114. The fourth-order valence-corrected chi connectivity index (χ4v) is 0.898. The van der Waals surface area contributed by atoms with Crippen LogP contribution >= 0.6 is 12.2 Å². The van der Waals surface area contributed by atoms with Gasteiger partial charge in [0.1, 0.15) is 6.61 Å². The van der Waals surface area contributed by atoms with Gasteiger partial charge in [0, 0.05) is 6.61 Å². The summed E-state index contributed by atoms with van der Waals surface area (Å²) in [4.78, 5) is 0. The van der Waals surface area contributed by atoms with Gasteiger partial charge in [0.25, 0.3) is 0 Å². The zero-order chi connectivity index (χ0) is 8.97. The largest absolute Gasteiger partial charge is 0.373 e. The van der Waals surface area contributed by atoms with Crippen LogP contribution in [0.3, 0.4) is 0 Å². The van der Waals surface area contributed by atoms with Gasteiger partial charge < -0.3 is 10.6 Å². The molecule has 12 heavy (non-hydrogen) atoms. The van der Waals surface area contributed by atoms with Gasteiger partial charge >= 0.3 is 0 Å². The van der Waals surface area contributed by atoms with Crippen molar-refractivity contribution >= 4 is 12.2 Å². The minimum atomic E-state index is 0.400. The first-order chi connectivity index (χ1) is 5.75. The molecular weight excluding hydrogens is 176 g/mol. The second-order valence-corrected chi connectivity index (χ2v) is 2.75. The minimum Gasteiger partial charge on any atom is -0.373 e. The molecule has 0 unspecified atom stereocenters. The molecule has 0 atom stereocenters. The van der Waals surface area contributed by atoms with E-state index in [1.165, 1.54) is 4.68 Å². The van der Waals surface area contributed by atoms with Gasteiger partial charge in [-0.1, -0.05) is 6.92 Å². The van der Waals surface area contributed by atoms with Crippen LogP contribution in [0.2, 0.25) is 0 Å². The second kappa shape index (κ2) is 4.22. The van der Waals surface area contributed by atoms with Crippen LogP contribution in [0, 0.1) is 4.77 Å². The van der Waals surface area contributed by atoms with Gasteiger partial charge in [-0.05, 0) is 18.6 Å². The van der Waals surface area contributed by atoms with E-state index >= 15 is 0 Å². The number of rotatable bonds is 4. The molecule has 0 spiro atoms. The van der Waals surface area contributed by atoms with Crippen LogP contribution in [0.25, 0.3) is 0 Å². The minimum absolute atomic E-state index is 0.400. The first kappa shape index (κ1) is 9.21. The summed E-state index contributed by atoms with van der Waals surface area (Å²) in [6.45, 7) is 3.15. The summed E-state index contributed by atoms with van der Waals surface area (Å²) < 4.78 is 6.95. The third kappa shape index (κ3) is 2.05. The Kier molecular flexibility index (Phi) is 3.24. The van der Waals surface area contributed by atoms with Crippen LogP contribution in [0.4, 0.5) is 0 Å². The van der Waals surface area contributed by atoms with Crippen molar-refractivity contribution in [3.8, 4) is 0 Å². The molecule has 0 bridgehead atoms. The van der Waals surface area contributed by atoms with Gasteiger partial charge in [-0.3, -0.25) is 5.10 Å². The number of nitrogens with one attached hydrogen (secondary N) is 1. The number of nitrogen functional groups attached to an aromatic ring is 1. The molecule has 0 aromatic carbocycles. The molecule has 0 aliphatic heterocycles. The summed E-state index contributed by atoms with van der Waals surface area (Å²) in [5.41, 5.74) is 0. The number of nitrogens with zero attached hydrogens (tertiary/aromatic N) is 2. The second-order valence-electron chi connectivity index (χ2n) is 2.37. The molecule has 5 nitrogen and oxygen atoms in total. The normalized spacial score (nSPS) is 10.4. The Balaban J connectivity index is 2.52. The maximum atomic E-state index is 5.52. The quantitative estimate of drug-likeness (QED) is 0.412. The topological polar surface area (TPSA) is 68.9 Å². The Morgan fingerprint density at radius 2 is 2.50 bits per heavy atom. The van der Waals surface area contributed by atoms with E-state index in [0.717, 1.165) is 6.42 Å². The molecule has 0 radical (unpaired) electrons. The average Bonchev–Trinajstić information content (AvgIpc) is 2.36. The van der Waals surface area contributed by atoms with Gasteiger partial charge in [0.15, 0.2) is 5.82 Å². The summed E-state index contributed by atoms with van der Waals surface area (Å²) in [7, 11) is 0. The summed E-state index contributed by atoms with van der Waals surface area (Å²) in [6.07, 6.45) is 0.982. The van der Waals surface area contributed by atoms with Crippen molar-refractivity contribution in [2.24, 2.45) is 0 Å². The Morgan fingerprint density at radius 3 is 3.00 bits per heavy atom. The first-order valence-electron chi connectivity index (χ1n) is 3.74. The highest BCUT2D eigenvalue weighted by Crippen LogP contribution is 1.95. The Morgan fingerprint density at radius 1 is 1.75 bits per heavy atom. The molecule has 0 aliphatic rings. The van der Waals surface area contributed by atoms with Gasteiger partial charge in [-0.25, -0.2) is 4.68 Å². The van der Waals surface area contributed by atoms with E-state index in [2.05, 4.69) is 10.2 Å². The van der Waals surface area contributed by atoms with Crippen LogP contribution in [0.5, 0.6) is 0 Å². The predicted molar refractivity (Wildman–Crippen MR) is 47.5 cm³/mol. The number of aromatic nitrogens is 3. The van der Waals surface area contributed by atoms with E-state index in [9.17, 15) is 0 Å². The van der Waals surface area contributed by atoms with E-state index < -0.39 is 0 Å². The van der Waals surface area contributed by atoms with E-state index in [-0.39, 0.29) is 0 Å². The number of hydrogen-bond acceptors (Lipinski definition) is 4. The molecule has 6 heteroatoms. The number of nitrogens with two attached hydrogens (primary N) is 1. The van der Waals surface area contributed by atoms with Gasteiger partial charge in [-0.2, -0.15) is 5.10 Å². The highest BCUT2D eigenvalue weighted by Gasteiger charge is 2.01. The number of aromatic amines is 1. The molecule has 0 amide bonds. The van der Waals surface area contributed by atoms with Crippen molar-refractivity contribution in [1.82, 2.24) is 14.9 Å². The zero-order valence-electron chi connectivity index (χ0n) is 6.91. The van der Waals surface area contributed by atoms with E-state index in [1.54, 1.807) is 0 Å². The molecule has 0 saturated carbocycles. The fourth-order valence-electron chi connectivity index (χ4n) is 0.747. The summed E-state index contributed by atoms with van der Waals surface area (Å²) in [6, 6.07) is 0. The molecule has 1 aromatic heterocycles. The average molecular weight is 188 g/mol. The molecule has 0 fully saturated rings. The standard InChI is InChI=1S/C6H12N4OS/c1-2-3-11-4-5-8-9-6(12)10(5)7/h2-4,7H2,1H3,(H,9,12). The van der Waals surface area contributed by atoms with Gasteiger partial charge in [-0.15, -0.1) is 0 Å². The fraction of sp³-hybridized carbons (Fsp3) is 0.667. The van der Waals surface area contributed by atoms with E-state index in [4.69, 9.17) is 22.8 Å². The molecule has 1 aromatic rings. The Labute approximate surface area is 75.5 Å². The number of hydrogen-bond donors (Lipinski definition) is 2. The van der Waals surface area contributed by atoms with Crippen molar-refractivity contribution in [3.63, 3.8) is 0 Å². The van der Waals surface area contributed by atoms with Crippen LogP contribution < -0.4 is 5.84 Å². The Bertz CT molecular complexity index is 292. The smallest absolute Gasteiger partial charge is 0.214 e. The predicted octanol–water partition coefficient (Wildman–Crippen LogP) is 0.581. The van der Waals surface area contributed by atoms with Crippen molar-refractivity contribution in [3.05, 3.63) is 10.6 Å². The SMILES string of the molecule is CCCOCc1n[nH]c(=S)n1N. The lowest BCUT2D eigenvalue weighted by Crippen LogP contribution is -2.13. The zero-order valence-corrected chi connectivity index (χ0v) is 7.73. The molecule has 0 aliphatic carbocycles. The van der Waals surface area contributed by atoms with Crippen LogP contribution in [-0.4, -0.2) is 21.5 Å². The lowest BCUT2D eigenvalue weighted by Gasteiger charge is -2.00. The number of H-pyrrole nitrogens is 1. The third-order valence-electron chi connectivity index (χ3n) is 1.36. The van der Waals surface area contributed by atoms with Crippen LogP contribution in [-0.2, 0) is 11.3 Å². The van der Waals surface area contributed by atoms with Crippen LogP contribution in [0.1, 0.15) is 19.2 Å². The van der Waals surface area contributed by atoms with Crippen molar-refractivity contribution in [2.45, 2.75) is 20.0 Å². The van der Waals surface area contributed by atoms with Crippen molar-refractivity contribution in [2.75, 3.05) is 12.4 Å². The summed E-state index contributed by atoms with van der Waals surface area (Å²) >= 11 is 4.82. The monoisotopic (exact) mass is 188 g/mol. The maximum Gasteiger partial charge on any atom is 0.214 e. The Hall–Kier alpha value is -0.880. The highest BCUT2D eigenvalue weighted by atomic mass is 32.1. The highest BCUT2D eigenvalue weighted by molar-refractivity contribution is 7.71. The summed E-state index contributed by atoms with van der Waals surface area (Å²) in [5.74, 6) is 6.14. The molecule has 68 valence electrons. The molecule has 1 heterocycles. The maximum absolute atomic E-state index is 5.52. The first-order valence-corrected chi connectivity index (χ1v) is 4.15. The van der Waals surface area contributed by atoms with Gasteiger partial charge in [0.05, 0.1) is 0 Å². The molecule has 1 rings (SSSR count). The van der Waals surface area contributed by atoms with Gasteiger partial charge in [0.2, 0.25) is 4.77 Å². The number of ether oxygens (including phenoxy) is 1.